The SMILES string of the molecule is CCNCc1ccnc(-c2ccc(O)c(O)c2)n1. The predicted octanol–water partition coefficient (Wildman–Crippen LogP) is 1.66. The van der Waals surface area contributed by atoms with Gasteiger partial charge < -0.3 is 15.5 Å². The van der Waals surface area contributed by atoms with Gasteiger partial charge in [-0.05, 0) is 30.8 Å². The molecule has 94 valence electrons. The van der Waals surface area contributed by atoms with E-state index < -0.39 is 0 Å². The fraction of sp³-hybridized carbons (Fsp3) is 0.231. The zero-order chi connectivity index (χ0) is 13.0. The van der Waals surface area contributed by atoms with Crippen LogP contribution in [0, 0.1) is 0 Å². The van der Waals surface area contributed by atoms with Gasteiger partial charge in [-0.3, -0.25) is 0 Å². The topological polar surface area (TPSA) is 78.3 Å². The normalized spacial score (nSPS) is 10.5. The smallest absolute Gasteiger partial charge is 0.159 e. The van der Waals surface area contributed by atoms with Gasteiger partial charge in [0.05, 0.1) is 5.69 Å². The summed E-state index contributed by atoms with van der Waals surface area (Å²) in [7, 11) is 0. The molecule has 2 aromatic rings. The molecule has 0 atom stereocenters. The average molecular weight is 245 g/mol. The number of hydrogen-bond acceptors (Lipinski definition) is 5. The number of rotatable bonds is 4. The lowest BCUT2D eigenvalue weighted by molar-refractivity contribution is 0.404. The highest BCUT2D eigenvalue weighted by Crippen LogP contribution is 2.28. The fourth-order valence-corrected chi connectivity index (χ4v) is 1.55. The summed E-state index contributed by atoms with van der Waals surface area (Å²) in [6.07, 6.45) is 1.68. The maximum atomic E-state index is 9.45. The van der Waals surface area contributed by atoms with Gasteiger partial charge in [-0.25, -0.2) is 9.97 Å². The van der Waals surface area contributed by atoms with Crippen molar-refractivity contribution in [3.8, 4) is 22.9 Å². The number of nitrogens with one attached hydrogen (secondary N) is 1. The van der Waals surface area contributed by atoms with E-state index in [9.17, 15) is 10.2 Å². The first-order valence-electron chi connectivity index (χ1n) is 5.75. The quantitative estimate of drug-likeness (QED) is 0.714. The number of phenols is 2. The Morgan fingerprint density at radius 2 is 2.00 bits per heavy atom. The molecule has 3 N–H and O–H groups in total. The molecular weight excluding hydrogens is 230 g/mol. The van der Waals surface area contributed by atoms with Crippen LogP contribution in [0.5, 0.6) is 11.5 Å². The van der Waals surface area contributed by atoms with Crippen molar-refractivity contribution in [2.24, 2.45) is 0 Å². The molecule has 5 nitrogen and oxygen atoms in total. The molecule has 2 rings (SSSR count). The number of benzene rings is 1. The third-order valence-corrected chi connectivity index (χ3v) is 2.50. The number of nitrogens with zero attached hydrogens (tertiary/aromatic N) is 2. The lowest BCUT2D eigenvalue weighted by Gasteiger charge is -2.05. The van der Waals surface area contributed by atoms with E-state index in [4.69, 9.17) is 0 Å². The molecule has 0 radical (unpaired) electrons. The molecule has 0 saturated carbocycles. The van der Waals surface area contributed by atoms with Gasteiger partial charge in [-0.2, -0.15) is 0 Å². The van der Waals surface area contributed by atoms with Crippen molar-refractivity contribution in [1.82, 2.24) is 15.3 Å². The van der Waals surface area contributed by atoms with Gasteiger partial charge in [0.15, 0.2) is 17.3 Å². The predicted molar refractivity (Wildman–Crippen MR) is 68.2 cm³/mol. The van der Waals surface area contributed by atoms with Crippen molar-refractivity contribution in [2.75, 3.05) is 6.54 Å². The van der Waals surface area contributed by atoms with Crippen LogP contribution in [0.2, 0.25) is 0 Å². The van der Waals surface area contributed by atoms with Gasteiger partial charge >= 0.3 is 0 Å². The Morgan fingerprint density at radius 3 is 2.72 bits per heavy atom. The molecule has 0 aliphatic rings. The van der Waals surface area contributed by atoms with Gasteiger partial charge in [-0.15, -0.1) is 0 Å². The van der Waals surface area contributed by atoms with Crippen LogP contribution in [-0.2, 0) is 6.54 Å². The third kappa shape index (κ3) is 2.75. The van der Waals surface area contributed by atoms with Gasteiger partial charge in [0.1, 0.15) is 0 Å². The van der Waals surface area contributed by atoms with E-state index in [-0.39, 0.29) is 11.5 Å². The van der Waals surface area contributed by atoms with E-state index in [2.05, 4.69) is 15.3 Å². The minimum atomic E-state index is -0.173. The van der Waals surface area contributed by atoms with Gasteiger partial charge in [0.2, 0.25) is 0 Å². The third-order valence-electron chi connectivity index (χ3n) is 2.50. The lowest BCUT2D eigenvalue weighted by atomic mass is 10.2. The van der Waals surface area contributed by atoms with E-state index in [1.54, 1.807) is 12.3 Å². The molecule has 1 aromatic carbocycles. The number of phenolic OH excluding ortho intramolecular Hbond substituents is 2. The van der Waals surface area contributed by atoms with E-state index in [0.717, 1.165) is 12.2 Å². The Balaban J connectivity index is 2.29. The van der Waals surface area contributed by atoms with Crippen molar-refractivity contribution < 1.29 is 10.2 Å². The van der Waals surface area contributed by atoms with Crippen molar-refractivity contribution in [2.45, 2.75) is 13.5 Å². The molecule has 0 aliphatic carbocycles. The van der Waals surface area contributed by atoms with Crippen LogP contribution in [0.15, 0.2) is 30.5 Å². The summed E-state index contributed by atoms with van der Waals surface area (Å²) >= 11 is 0. The molecule has 0 aliphatic heterocycles. The number of aromatic nitrogens is 2. The highest BCUT2D eigenvalue weighted by Gasteiger charge is 2.06. The molecule has 0 saturated heterocycles. The zero-order valence-electron chi connectivity index (χ0n) is 10.1. The summed E-state index contributed by atoms with van der Waals surface area (Å²) in [6.45, 7) is 3.58. The molecule has 18 heavy (non-hydrogen) atoms. The van der Waals surface area contributed by atoms with Crippen molar-refractivity contribution in [3.63, 3.8) is 0 Å². The van der Waals surface area contributed by atoms with Crippen LogP contribution < -0.4 is 5.32 Å². The van der Waals surface area contributed by atoms with Crippen LogP contribution in [0.3, 0.4) is 0 Å². The average Bonchev–Trinajstić information content (AvgIpc) is 2.40. The Hall–Kier alpha value is -2.14. The first-order chi connectivity index (χ1) is 8.70. The maximum Gasteiger partial charge on any atom is 0.159 e. The van der Waals surface area contributed by atoms with Crippen LogP contribution in [0.1, 0.15) is 12.6 Å². The zero-order valence-corrected chi connectivity index (χ0v) is 10.1. The largest absolute Gasteiger partial charge is 0.504 e. The van der Waals surface area contributed by atoms with Crippen molar-refractivity contribution >= 4 is 0 Å². The molecule has 0 amide bonds. The second-order valence-electron chi connectivity index (χ2n) is 3.86. The summed E-state index contributed by atoms with van der Waals surface area (Å²) in [5, 5.41) is 21.9. The highest BCUT2D eigenvalue weighted by molar-refractivity contribution is 5.60. The van der Waals surface area contributed by atoms with Gasteiger partial charge in [0.25, 0.3) is 0 Å². The molecule has 0 bridgehead atoms. The summed E-state index contributed by atoms with van der Waals surface area (Å²) < 4.78 is 0. The number of hydrogen-bond donors (Lipinski definition) is 3. The standard InChI is InChI=1S/C13H15N3O2/c1-2-14-8-10-5-6-15-13(16-10)9-3-4-11(17)12(18)7-9/h3-7,14,17-18H,2,8H2,1H3. The molecule has 0 spiro atoms. The second kappa shape index (κ2) is 5.46. The first kappa shape index (κ1) is 12.3. The first-order valence-corrected chi connectivity index (χ1v) is 5.75. The molecular formula is C13H15N3O2. The number of aromatic hydroxyl groups is 2. The van der Waals surface area contributed by atoms with Crippen LogP contribution in [-0.4, -0.2) is 26.7 Å². The molecule has 5 heteroatoms. The van der Waals surface area contributed by atoms with Crippen LogP contribution >= 0.6 is 0 Å². The molecule has 1 heterocycles. The minimum absolute atomic E-state index is 0.150. The fourth-order valence-electron chi connectivity index (χ4n) is 1.55. The molecule has 1 aromatic heterocycles. The summed E-state index contributed by atoms with van der Waals surface area (Å²) in [6, 6.07) is 6.38. The van der Waals surface area contributed by atoms with E-state index in [1.165, 1.54) is 12.1 Å². The monoisotopic (exact) mass is 245 g/mol. The van der Waals surface area contributed by atoms with Gasteiger partial charge in [-0.1, -0.05) is 6.92 Å². The summed E-state index contributed by atoms with van der Waals surface area (Å²) in [4.78, 5) is 8.54. The second-order valence-corrected chi connectivity index (χ2v) is 3.86. The summed E-state index contributed by atoms with van der Waals surface area (Å²) in [5.41, 5.74) is 1.55. The Morgan fingerprint density at radius 1 is 1.17 bits per heavy atom. The van der Waals surface area contributed by atoms with E-state index in [1.807, 2.05) is 13.0 Å². The van der Waals surface area contributed by atoms with Crippen molar-refractivity contribution in [3.05, 3.63) is 36.2 Å². The molecule has 0 unspecified atom stereocenters. The van der Waals surface area contributed by atoms with E-state index >= 15 is 0 Å². The molecule has 0 fully saturated rings. The Labute approximate surface area is 105 Å². The lowest BCUT2D eigenvalue weighted by Crippen LogP contribution is -2.13. The maximum absolute atomic E-state index is 9.45. The van der Waals surface area contributed by atoms with E-state index in [0.29, 0.717) is 17.9 Å². The van der Waals surface area contributed by atoms with Crippen LogP contribution in [0.4, 0.5) is 0 Å². The van der Waals surface area contributed by atoms with Gasteiger partial charge in [0, 0.05) is 18.3 Å². The van der Waals surface area contributed by atoms with Crippen LogP contribution in [0.25, 0.3) is 11.4 Å². The summed E-state index contributed by atoms with van der Waals surface area (Å²) in [5.74, 6) is 0.205. The minimum Gasteiger partial charge on any atom is -0.504 e. The Bertz CT molecular complexity index is 544. The van der Waals surface area contributed by atoms with Crippen molar-refractivity contribution in [1.29, 1.82) is 0 Å². The highest BCUT2D eigenvalue weighted by atomic mass is 16.3. The Kier molecular flexibility index (Phi) is 3.74.